The van der Waals surface area contributed by atoms with E-state index in [2.05, 4.69) is 4.57 Å². The molecule has 0 bridgehead atoms. The molecule has 13 rings (SSSR count). The predicted molar refractivity (Wildman–Crippen MR) is 278 cm³/mol. The Balaban J connectivity index is 0.909. The van der Waals surface area contributed by atoms with Crippen molar-refractivity contribution in [3.63, 3.8) is 0 Å². The smallest absolute Gasteiger partial charge is 0.164 e. The lowest BCUT2D eigenvalue weighted by Crippen LogP contribution is -2.05. The normalized spacial score (nSPS) is 13.6. The summed E-state index contributed by atoms with van der Waals surface area (Å²) >= 11 is 0. The lowest BCUT2D eigenvalue weighted by atomic mass is 10.1. The highest BCUT2D eigenvalue weighted by Crippen LogP contribution is 2.36. The molecule has 0 N–H and O–H groups in total. The van der Waals surface area contributed by atoms with Gasteiger partial charge in [0.2, 0.25) is 0 Å². The number of fused-ring (bicyclic) bond motifs is 3. The first-order valence-corrected chi connectivity index (χ1v) is 23.4. The topological polar surface area (TPSA) is 92.1 Å². The summed E-state index contributed by atoms with van der Waals surface area (Å²) < 4.78 is 48.6. The number of alkyl halides is 1. The van der Waals surface area contributed by atoms with Gasteiger partial charge in [-0.25, -0.2) is 43.1 Å². The van der Waals surface area contributed by atoms with E-state index in [0.29, 0.717) is 35.5 Å². The Bertz CT molecular complexity index is 3890. The molecule has 12 aromatic rings. The number of aromatic nitrogens is 9. The molecule has 0 saturated heterocycles. The third kappa shape index (κ3) is 7.62. The summed E-state index contributed by atoms with van der Waals surface area (Å²) in [5.74, 6) is 2.90. The Hall–Kier alpha value is -9.55. The molecule has 0 spiro atoms. The maximum atomic E-state index is 14.2. The van der Waals surface area contributed by atoms with Gasteiger partial charge in [-0.15, -0.1) is 0 Å². The van der Waals surface area contributed by atoms with Crippen LogP contribution in [0.3, 0.4) is 0 Å². The van der Waals surface area contributed by atoms with Crippen molar-refractivity contribution in [2.24, 2.45) is 0 Å². The Kier molecular flexibility index (Phi) is 10.3. The van der Waals surface area contributed by atoms with Crippen molar-refractivity contribution >= 4 is 38.8 Å². The highest BCUT2D eigenvalue weighted by Gasteiger charge is 2.21. The fraction of sp³-hybridized carbons (Fsp3) is 0.0333. The quantitative estimate of drug-likeness (QED) is 0.143. The second-order valence-corrected chi connectivity index (χ2v) is 17.5. The monoisotopic (exact) mass is 941 g/mol. The van der Waals surface area contributed by atoms with Gasteiger partial charge in [-0.1, -0.05) is 115 Å². The summed E-state index contributed by atoms with van der Waals surface area (Å²) in [6.45, 7) is 0. The average molecular weight is 942 g/mol. The van der Waals surface area contributed by atoms with Crippen molar-refractivity contribution < 1.29 is 13.2 Å². The molecule has 0 amide bonds. The molecule has 0 radical (unpaired) electrons. The summed E-state index contributed by atoms with van der Waals surface area (Å²) in [5, 5.41) is 0. The number of para-hydroxylation sites is 6. The Labute approximate surface area is 410 Å². The number of benzene rings is 8. The van der Waals surface area contributed by atoms with Crippen molar-refractivity contribution in [3.8, 4) is 79.7 Å². The number of hydrogen-bond acceptors (Lipinski definition) is 6. The molecule has 9 nitrogen and oxygen atoms in total. The van der Waals surface area contributed by atoms with Gasteiger partial charge in [0.15, 0.2) is 17.5 Å². The Morgan fingerprint density at radius 3 is 1.06 bits per heavy atom. The highest BCUT2D eigenvalue weighted by atomic mass is 19.1. The zero-order chi connectivity index (χ0) is 48.3. The van der Waals surface area contributed by atoms with Crippen LogP contribution in [0.5, 0.6) is 0 Å². The summed E-state index contributed by atoms with van der Waals surface area (Å²) in [4.78, 5) is 30.3. The molecule has 0 aliphatic heterocycles. The molecule has 4 heterocycles. The maximum absolute atomic E-state index is 14.2. The van der Waals surface area contributed by atoms with Crippen LogP contribution in [-0.4, -0.2) is 49.8 Å². The minimum Gasteiger partial charge on any atom is -0.293 e. The van der Waals surface area contributed by atoms with E-state index in [4.69, 9.17) is 29.9 Å². The maximum Gasteiger partial charge on any atom is 0.164 e. The van der Waals surface area contributed by atoms with Crippen molar-refractivity contribution in [1.29, 1.82) is 0 Å². The zero-order valence-corrected chi connectivity index (χ0v) is 38.2. The van der Waals surface area contributed by atoms with E-state index in [-0.39, 0.29) is 11.6 Å². The van der Waals surface area contributed by atoms with Gasteiger partial charge in [0, 0.05) is 56.9 Å². The number of hydrogen-bond donors (Lipinski definition) is 0. The van der Waals surface area contributed by atoms with E-state index < -0.39 is 6.17 Å². The number of nitrogens with zero attached hydrogens (tertiary/aromatic N) is 9. The molecule has 344 valence electrons. The molecule has 1 aliphatic carbocycles. The number of allylic oxidation sites excluding steroid dienone is 4. The largest absolute Gasteiger partial charge is 0.293 e. The molecular weight excluding hydrogens is 904 g/mol. The summed E-state index contributed by atoms with van der Waals surface area (Å²) in [7, 11) is 0. The lowest BCUT2D eigenvalue weighted by Gasteiger charge is -2.15. The third-order valence-electron chi connectivity index (χ3n) is 13.0. The molecular formula is C60H38F3N9. The Morgan fingerprint density at radius 1 is 0.361 bits per heavy atom. The fourth-order valence-electron chi connectivity index (χ4n) is 9.44. The van der Waals surface area contributed by atoms with Gasteiger partial charge in [-0.3, -0.25) is 13.7 Å². The van der Waals surface area contributed by atoms with Crippen LogP contribution in [-0.2, 0) is 0 Å². The first-order chi connectivity index (χ1) is 35.4. The minimum absolute atomic E-state index is 0.293. The minimum atomic E-state index is -1.02. The van der Waals surface area contributed by atoms with Crippen LogP contribution in [0.4, 0.5) is 13.2 Å². The van der Waals surface area contributed by atoms with Gasteiger partial charge in [0.05, 0.1) is 33.1 Å². The van der Waals surface area contributed by atoms with E-state index in [1.807, 2.05) is 167 Å². The van der Waals surface area contributed by atoms with Crippen molar-refractivity contribution in [2.45, 2.75) is 12.6 Å². The standard InChI is InChI=1S/C60H38F3N9/c61-43-25-31-46(32-26-43)70-52-10-4-1-7-49(52)64-58(70)40-19-13-37(14-20-40)55-67-56(38-15-21-41(22-16-38)59-65-50-8-2-5-11-53(50)71(59)47-33-27-44(62)28-34-47)69-57(68-55)39-17-23-42(24-18-39)60-66-51-9-3-6-12-54(51)72(60)48-35-29-45(63)30-36-48/h1-29,31-36,45H,30H2. The van der Waals surface area contributed by atoms with E-state index in [0.717, 1.165) is 89.4 Å². The van der Waals surface area contributed by atoms with Crippen LogP contribution in [0.2, 0.25) is 0 Å². The van der Waals surface area contributed by atoms with Gasteiger partial charge < -0.3 is 0 Å². The second kappa shape index (κ2) is 17.4. The third-order valence-corrected chi connectivity index (χ3v) is 13.0. The molecule has 12 heteroatoms. The SMILES string of the molecule is Fc1ccc(-n2c(-c3ccc(-c4nc(-c5ccc(-c6nc7ccccc7n6C6=CCC(F)C=C6)cc5)nc(-c5ccc(-c6nc7ccccc7n6-c6ccc(F)cc6)cc5)n4)cc3)nc3ccccc32)cc1. The van der Waals surface area contributed by atoms with Crippen LogP contribution < -0.4 is 0 Å². The second-order valence-electron chi connectivity index (χ2n) is 17.5. The molecule has 4 aromatic heterocycles. The average Bonchev–Trinajstić information content (AvgIpc) is 4.14. The highest BCUT2D eigenvalue weighted by molar-refractivity contribution is 5.88. The number of imidazole rings is 3. The van der Waals surface area contributed by atoms with Crippen LogP contribution in [0.25, 0.3) is 118 Å². The predicted octanol–water partition coefficient (Wildman–Crippen LogP) is 14.3. The van der Waals surface area contributed by atoms with Crippen LogP contribution in [0.15, 0.2) is 212 Å². The summed E-state index contributed by atoms with van der Waals surface area (Å²) in [6.07, 6.45) is 4.58. The molecule has 0 saturated carbocycles. The zero-order valence-electron chi connectivity index (χ0n) is 38.2. The van der Waals surface area contributed by atoms with Gasteiger partial charge in [-0.2, -0.15) is 0 Å². The summed E-state index contributed by atoms with van der Waals surface area (Å²) in [5.41, 5.74) is 12.5. The van der Waals surface area contributed by atoms with Gasteiger partial charge >= 0.3 is 0 Å². The van der Waals surface area contributed by atoms with E-state index in [1.165, 1.54) is 24.3 Å². The van der Waals surface area contributed by atoms with E-state index in [1.54, 1.807) is 30.3 Å². The van der Waals surface area contributed by atoms with Gasteiger partial charge in [0.25, 0.3) is 0 Å². The Morgan fingerprint density at radius 2 is 0.694 bits per heavy atom. The first-order valence-electron chi connectivity index (χ1n) is 23.4. The molecule has 0 fully saturated rings. The molecule has 72 heavy (non-hydrogen) atoms. The summed E-state index contributed by atoms with van der Waals surface area (Å²) in [6, 6.07) is 60.3. The molecule has 1 unspecified atom stereocenters. The number of rotatable bonds is 9. The first kappa shape index (κ1) is 42.5. The van der Waals surface area contributed by atoms with E-state index in [9.17, 15) is 13.2 Å². The van der Waals surface area contributed by atoms with Crippen molar-refractivity contribution in [1.82, 2.24) is 43.6 Å². The van der Waals surface area contributed by atoms with Crippen molar-refractivity contribution in [2.75, 3.05) is 0 Å². The fourth-order valence-corrected chi connectivity index (χ4v) is 9.44. The van der Waals surface area contributed by atoms with Crippen LogP contribution in [0, 0.1) is 11.6 Å². The lowest BCUT2D eigenvalue weighted by molar-refractivity contribution is 0.402. The van der Waals surface area contributed by atoms with Crippen LogP contribution >= 0.6 is 0 Å². The molecule has 8 aromatic carbocycles. The number of halogens is 3. The van der Waals surface area contributed by atoms with E-state index >= 15 is 0 Å². The molecule has 1 atom stereocenters. The van der Waals surface area contributed by atoms with Gasteiger partial charge in [-0.05, 0) is 97.1 Å². The van der Waals surface area contributed by atoms with Crippen LogP contribution in [0.1, 0.15) is 6.42 Å². The van der Waals surface area contributed by atoms with Crippen molar-refractivity contribution in [3.05, 3.63) is 224 Å². The van der Waals surface area contributed by atoms with Gasteiger partial charge in [0.1, 0.15) is 35.3 Å². The molecule has 1 aliphatic rings.